The number of hydrazone groups is 1. The second-order valence-corrected chi connectivity index (χ2v) is 5.69. The van der Waals surface area contributed by atoms with Crippen molar-refractivity contribution >= 4 is 46.3 Å². The maximum absolute atomic E-state index is 12.4. The molecule has 1 heterocycles. The third-order valence-corrected chi connectivity index (χ3v) is 3.72. The summed E-state index contributed by atoms with van der Waals surface area (Å²) in [6.07, 6.45) is 2.43. The van der Waals surface area contributed by atoms with E-state index in [1.165, 1.54) is 24.6 Å². The Hall–Kier alpha value is -2.63. The summed E-state index contributed by atoms with van der Waals surface area (Å²) in [5.41, 5.74) is 2.86. The molecule has 7 heteroatoms. The first kappa shape index (κ1) is 16.2. The van der Waals surface area contributed by atoms with E-state index in [0.29, 0.717) is 10.6 Å². The molecule has 0 fully saturated rings. The Bertz CT molecular complexity index is 998. The second kappa shape index (κ2) is 6.86. The molecule has 5 nitrogen and oxygen atoms in total. The van der Waals surface area contributed by atoms with E-state index < -0.39 is 0 Å². The fourth-order valence-electron chi connectivity index (χ4n) is 2.08. The van der Waals surface area contributed by atoms with Crippen LogP contribution in [0.3, 0.4) is 0 Å². The van der Waals surface area contributed by atoms with Crippen LogP contribution in [0.4, 0.5) is 0 Å². The lowest BCUT2D eigenvalue weighted by atomic mass is 10.2. The number of benzene rings is 2. The number of nitrogens with one attached hydrogen (secondary N) is 1. The largest absolute Gasteiger partial charge is 0.462 e. The summed E-state index contributed by atoms with van der Waals surface area (Å²) in [6, 6.07) is 11.5. The minimum absolute atomic E-state index is 0.161. The van der Waals surface area contributed by atoms with Gasteiger partial charge in [-0.05, 0) is 24.3 Å². The molecule has 3 aromatic rings. The molecule has 0 aliphatic rings. The third-order valence-electron chi connectivity index (χ3n) is 3.22. The first-order valence-corrected chi connectivity index (χ1v) is 7.61. The van der Waals surface area contributed by atoms with Crippen LogP contribution in [0.1, 0.15) is 15.9 Å². The minimum Gasteiger partial charge on any atom is -0.462 e. The maximum atomic E-state index is 12.4. The molecule has 1 N–H and O–H groups in total. The van der Waals surface area contributed by atoms with Crippen molar-refractivity contribution < 1.29 is 9.21 Å². The minimum atomic E-state index is -0.386. The number of halogens is 2. The highest BCUT2D eigenvalue weighted by atomic mass is 35.5. The number of hydrogen-bond donors (Lipinski definition) is 1. The summed E-state index contributed by atoms with van der Waals surface area (Å²) in [6.45, 7) is 0. The van der Waals surface area contributed by atoms with Crippen LogP contribution in [0.25, 0.3) is 11.0 Å². The summed E-state index contributed by atoms with van der Waals surface area (Å²) in [4.78, 5) is 24.3. The zero-order chi connectivity index (χ0) is 17.1. The summed E-state index contributed by atoms with van der Waals surface area (Å²) >= 11 is 11.9. The molecular weight excluding hydrogens is 351 g/mol. The van der Waals surface area contributed by atoms with Crippen LogP contribution in [0, 0.1) is 0 Å². The number of amides is 1. The molecule has 0 bridgehead atoms. The van der Waals surface area contributed by atoms with Crippen LogP contribution < -0.4 is 10.9 Å². The maximum Gasteiger partial charge on any atom is 0.271 e. The fourth-order valence-corrected chi connectivity index (χ4v) is 2.62. The van der Waals surface area contributed by atoms with Gasteiger partial charge >= 0.3 is 0 Å². The number of hydrogen-bond acceptors (Lipinski definition) is 4. The van der Waals surface area contributed by atoms with Crippen LogP contribution in [0.2, 0.25) is 10.0 Å². The Morgan fingerprint density at radius 1 is 1.17 bits per heavy atom. The van der Waals surface area contributed by atoms with Crippen molar-refractivity contribution in [1.29, 1.82) is 0 Å². The van der Waals surface area contributed by atoms with E-state index in [9.17, 15) is 9.59 Å². The topological polar surface area (TPSA) is 71.7 Å². The average molecular weight is 361 g/mol. The monoisotopic (exact) mass is 360 g/mol. The molecule has 0 spiro atoms. The molecular formula is C17H10Cl2N2O3. The molecule has 0 aliphatic heterocycles. The highest BCUT2D eigenvalue weighted by Gasteiger charge is 2.10. The molecule has 3 rings (SSSR count). The Morgan fingerprint density at radius 3 is 2.67 bits per heavy atom. The van der Waals surface area contributed by atoms with Crippen LogP contribution in [-0.2, 0) is 0 Å². The first-order chi connectivity index (χ1) is 11.6. The predicted octanol–water partition coefficient (Wildman–Crippen LogP) is 3.86. The quantitative estimate of drug-likeness (QED) is 0.569. The van der Waals surface area contributed by atoms with E-state index >= 15 is 0 Å². The Balaban J connectivity index is 1.87. The van der Waals surface area contributed by atoms with E-state index in [2.05, 4.69) is 10.5 Å². The fraction of sp³-hybridized carbons (Fsp3) is 0. The van der Waals surface area contributed by atoms with Crippen molar-refractivity contribution in [2.75, 3.05) is 0 Å². The van der Waals surface area contributed by atoms with E-state index in [4.69, 9.17) is 27.6 Å². The smallest absolute Gasteiger partial charge is 0.271 e. The number of fused-ring (bicyclic) bond motifs is 1. The first-order valence-electron chi connectivity index (χ1n) is 6.85. The predicted molar refractivity (Wildman–Crippen MR) is 94.0 cm³/mol. The zero-order valence-electron chi connectivity index (χ0n) is 12.1. The highest BCUT2D eigenvalue weighted by molar-refractivity contribution is 6.38. The Labute approximate surface area is 146 Å². The van der Waals surface area contributed by atoms with Gasteiger partial charge in [0, 0.05) is 10.6 Å². The molecule has 0 aliphatic carbocycles. The molecule has 1 aromatic heterocycles. The number of carbonyl (C=O) groups is 1. The van der Waals surface area contributed by atoms with Gasteiger partial charge in [0.15, 0.2) is 5.58 Å². The number of carbonyl (C=O) groups excluding carboxylic acids is 1. The Morgan fingerprint density at radius 2 is 1.92 bits per heavy atom. The van der Waals surface area contributed by atoms with Gasteiger partial charge in [0.05, 0.1) is 22.2 Å². The van der Waals surface area contributed by atoms with Crippen LogP contribution in [0.15, 0.2) is 63.0 Å². The normalized spacial score (nSPS) is 11.1. The Kier molecular flexibility index (Phi) is 4.64. The molecule has 0 atom stereocenters. The van der Waals surface area contributed by atoms with Crippen molar-refractivity contribution in [1.82, 2.24) is 5.43 Å². The van der Waals surface area contributed by atoms with Gasteiger partial charge in [-0.3, -0.25) is 9.59 Å². The van der Waals surface area contributed by atoms with E-state index in [1.807, 2.05) is 0 Å². The van der Waals surface area contributed by atoms with Gasteiger partial charge in [-0.2, -0.15) is 5.10 Å². The van der Waals surface area contributed by atoms with Gasteiger partial charge < -0.3 is 4.42 Å². The molecule has 0 unspecified atom stereocenters. The summed E-state index contributed by atoms with van der Waals surface area (Å²) in [5, 5.41) is 4.59. The molecule has 2 aromatic carbocycles. The van der Waals surface area contributed by atoms with Crippen LogP contribution >= 0.6 is 23.2 Å². The average Bonchev–Trinajstić information content (AvgIpc) is 2.58. The summed E-state index contributed by atoms with van der Waals surface area (Å²) < 4.78 is 5.36. The van der Waals surface area contributed by atoms with Gasteiger partial charge in [0.2, 0.25) is 5.43 Å². The van der Waals surface area contributed by atoms with E-state index in [1.54, 1.807) is 30.3 Å². The third kappa shape index (κ3) is 3.32. The molecule has 24 heavy (non-hydrogen) atoms. The van der Waals surface area contributed by atoms with Crippen LogP contribution in [0.5, 0.6) is 0 Å². The molecule has 0 radical (unpaired) electrons. The SMILES string of the molecule is O=C(N/N=C/c1coc2c(Cl)cc(Cl)cc2c1=O)c1ccccc1. The van der Waals surface area contributed by atoms with Gasteiger partial charge in [0.1, 0.15) is 6.26 Å². The highest BCUT2D eigenvalue weighted by Crippen LogP contribution is 2.26. The number of rotatable bonds is 3. The standard InChI is InChI=1S/C17H10Cl2N2O3/c18-12-6-13-15(22)11(9-24-16(13)14(19)7-12)8-20-21-17(23)10-4-2-1-3-5-10/h1-9H,(H,21,23)/b20-8+. The lowest BCUT2D eigenvalue weighted by Crippen LogP contribution is -2.18. The van der Waals surface area contributed by atoms with Gasteiger partial charge in [-0.1, -0.05) is 41.4 Å². The van der Waals surface area contributed by atoms with E-state index in [0.717, 1.165) is 0 Å². The van der Waals surface area contributed by atoms with Gasteiger partial charge in [-0.25, -0.2) is 5.43 Å². The van der Waals surface area contributed by atoms with Gasteiger partial charge in [-0.15, -0.1) is 0 Å². The van der Waals surface area contributed by atoms with Crippen LogP contribution in [-0.4, -0.2) is 12.1 Å². The second-order valence-electron chi connectivity index (χ2n) is 4.85. The summed E-state index contributed by atoms with van der Waals surface area (Å²) in [7, 11) is 0. The van der Waals surface area contributed by atoms with Crippen molar-refractivity contribution in [2.24, 2.45) is 5.10 Å². The van der Waals surface area contributed by atoms with E-state index in [-0.39, 0.29) is 32.9 Å². The van der Waals surface area contributed by atoms with Gasteiger partial charge in [0.25, 0.3) is 5.91 Å². The van der Waals surface area contributed by atoms with Crippen molar-refractivity contribution in [2.45, 2.75) is 0 Å². The molecule has 0 saturated heterocycles. The van der Waals surface area contributed by atoms with Crippen molar-refractivity contribution in [3.8, 4) is 0 Å². The van der Waals surface area contributed by atoms with Crippen molar-refractivity contribution in [3.05, 3.63) is 80.1 Å². The molecule has 1 amide bonds. The number of nitrogens with zero attached hydrogens (tertiary/aromatic N) is 1. The van der Waals surface area contributed by atoms with Crippen molar-refractivity contribution in [3.63, 3.8) is 0 Å². The summed E-state index contributed by atoms with van der Waals surface area (Å²) in [5.74, 6) is -0.386. The molecule has 120 valence electrons. The zero-order valence-corrected chi connectivity index (χ0v) is 13.6. The lowest BCUT2D eigenvalue weighted by molar-refractivity contribution is 0.0955. The lowest BCUT2D eigenvalue weighted by Gasteiger charge is -2.02. The molecule has 0 saturated carbocycles.